The summed E-state index contributed by atoms with van der Waals surface area (Å²) in [5, 5.41) is 8.94. The quantitative estimate of drug-likeness (QED) is 0.884. The molecule has 0 bridgehead atoms. The van der Waals surface area contributed by atoms with Crippen molar-refractivity contribution >= 4 is 16.5 Å². The number of rotatable bonds is 3. The Labute approximate surface area is 117 Å². The molecular weight excluding hydrogens is 282 g/mol. The van der Waals surface area contributed by atoms with E-state index < -0.39 is 22.4 Å². The van der Waals surface area contributed by atoms with Gasteiger partial charge in [0.05, 0.1) is 33.1 Å². The van der Waals surface area contributed by atoms with Crippen LogP contribution in [0.2, 0.25) is 0 Å². The maximum atomic E-state index is 13.2. The van der Waals surface area contributed by atoms with E-state index >= 15 is 0 Å². The van der Waals surface area contributed by atoms with Crippen LogP contribution in [0.3, 0.4) is 0 Å². The summed E-state index contributed by atoms with van der Waals surface area (Å²) >= 11 is 0. The van der Waals surface area contributed by atoms with Gasteiger partial charge in [-0.15, -0.1) is 0 Å². The molecule has 0 aliphatic carbocycles. The van der Waals surface area contributed by atoms with E-state index in [-0.39, 0.29) is 21.9 Å². The summed E-state index contributed by atoms with van der Waals surface area (Å²) in [6.45, 7) is 0. The van der Waals surface area contributed by atoms with Gasteiger partial charge in [0.1, 0.15) is 11.6 Å². The molecule has 2 aromatic rings. The van der Waals surface area contributed by atoms with E-state index in [1.807, 2.05) is 6.07 Å². The van der Waals surface area contributed by atoms with Crippen molar-refractivity contribution in [2.24, 2.45) is 0 Å². The fraction of sp³-hybridized carbons (Fsp3) is 0.0714. The largest absolute Gasteiger partial charge is 0.398 e. The fourth-order valence-corrected chi connectivity index (χ4v) is 2.97. The number of hydrogen-bond acceptors (Lipinski definition) is 3. The van der Waals surface area contributed by atoms with Crippen LogP contribution in [-0.2, 0) is 16.6 Å². The van der Waals surface area contributed by atoms with E-state index in [1.165, 1.54) is 18.2 Å². The molecule has 0 saturated heterocycles. The summed E-state index contributed by atoms with van der Waals surface area (Å²) in [6.07, 6.45) is 0. The first-order chi connectivity index (χ1) is 9.51. The van der Waals surface area contributed by atoms with Gasteiger partial charge in [-0.3, -0.25) is 4.21 Å². The molecule has 2 rings (SSSR count). The summed E-state index contributed by atoms with van der Waals surface area (Å²) in [5.41, 5.74) is 6.37. The topological polar surface area (TPSA) is 66.9 Å². The molecule has 0 spiro atoms. The third-order valence-corrected chi connectivity index (χ3v) is 4.11. The highest BCUT2D eigenvalue weighted by Gasteiger charge is 2.13. The average Bonchev–Trinajstić information content (AvgIpc) is 2.41. The smallest absolute Gasteiger partial charge is 0.124 e. The van der Waals surface area contributed by atoms with Gasteiger partial charge >= 0.3 is 0 Å². The van der Waals surface area contributed by atoms with Crippen molar-refractivity contribution in [1.29, 1.82) is 5.26 Å². The lowest BCUT2D eigenvalue weighted by atomic mass is 10.1. The number of nitriles is 1. The number of hydrogen-bond donors (Lipinski definition) is 1. The van der Waals surface area contributed by atoms with Crippen molar-refractivity contribution in [3.05, 3.63) is 59.2 Å². The van der Waals surface area contributed by atoms with Crippen LogP contribution in [0.15, 0.2) is 41.3 Å². The van der Waals surface area contributed by atoms with E-state index in [0.717, 1.165) is 18.2 Å². The van der Waals surface area contributed by atoms with Gasteiger partial charge in [0.2, 0.25) is 0 Å². The van der Waals surface area contributed by atoms with E-state index in [9.17, 15) is 13.0 Å². The van der Waals surface area contributed by atoms with Crippen molar-refractivity contribution in [1.82, 2.24) is 0 Å². The zero-order valence-corrected chi connectivity index (χ0v) is 11.1. The summed E-state index contributed by atoms with van der Waals surface area (Å²) in [4.78, 5) is 0.137. The number of nitrogens with two attached hydrogens (primary N) is 1. The molecule has 2 aromatic carbocycles. The Balaban J connectivity index is 2.35. The predicted molar refractivity (Wildman–Crippen MR) is 72.0 cm³/mol. The zero-order chi connectivity index (χ0) is 14.7. The maximum absolute atomic E-state index is 13.2. The van der Waals surface area contributed by atoms with Crippen LogP contribution < -0.4 is 5.73 Å². The summed E-state index contributed by atoms with van der Waals surface area (Å²) in [7, 11) is -1.66. The Morgan fingerprint density at radius 3 is 2.50 bits per heavy atom. The Morgan fingerprint density at radius 2 is 1.80 bits per heavy atom. The third-order valence-electron chi connectivity index (χ3n) is 2.70. The molecule has 0 amide bonds. The van der Waals surface area contributed by atoms with Gasteiger partial charge in [-0.2, -0.15) is 5.26 Å². The van der Waals surface area contributed by atoms with Gasteiger partial charge in [-0.1, -0.05) is 0 Å². The molecule has 0 saturated carbocycles. The third kappa shape index (κ3) is 3.00. The van der Waals surface area contributed by atoms with Crippen LogP contribution in [0, 0.1) is 23.0 Å². The Kier molecular flexibility index (Phi) is 4.11. The molecule has 3 nitrogen and oxygen atoms in total. The molecule has 20 heavy (non-hydrogen) atoms. The number of benzene rings is 2. The monoisotopic (exact) mass is 292 g/mol. The minimum Gasteiger partial charge on any atom is -0.398 e. The van der Waals surface area contributed by atoms with Gasteiger partial charge in [-0.25, -0.2) is 8.78 Å². The first-order valence-corrected chi connectivity index (χ1v) is 6.95. The molecule has 2 N–H and O–H groups in total. The highest BCUT2D eigenvalue weighted by atomic mass is 32.2. The van der Waals surface area contributed by atoms with Gasteiger partial charge in [0.25, 0.3) is 0 Å². The minimum absolute atomic E-state index is 0.103. The molecule has 0 fully saturated rings. The Hall–Kier alpha value is -2.26. The molecule has 1 unspecified atom stereocenters. The standard InChI is InChI=1S/C14H10F2N2OS/c15-11-2-1-9(7-17)10(5-11)8-20(19)14-6-12(16)3-4-13(14)18/h1-6H,8,18H2. The van der Waals surface area contributed by atoms with Crippen molar-refractivity contribution in [3.8, 4) is 6.07 Å². The first kappa shape index (κ1) is 14.2. The number of halogens is 2. The van der Waals surface area contributed by atoms with Gasteiger partial charge in [-0.05, 0) is 42.0 Å². The zero-order valence-electron chi connectivity index (χ0n) is 10.3. The molecule has 102 valence electrons. The number of nitrogen functional groups attached to an aromatic ring is 1. The second-order valence-corrected chi connectivity index (χ2v) is 5.50. The number of anilines is 1. The van der Waals surface area contributed by atoms with Crippen LogP contribution in [0.5, 0.6) is 0 Å². The molecule has 0 aromatic heterocycles. The van der Waals surface area contributed by atoms with Crippen LogP contribution in [0.1, 0.15) is 11.1 Å². The minimum atomic E-state index is -1.66. The molecule has 0 aliphatic rings. The summed E-state index contributed by atoms with van der Waals surface area (Å²) < 4.78 is 38.5. The fourth-order valence-electron chi connectivity index (χ4n) is 1.72. The van der Waals surface area contributed by atoms with Crippen molar-refractivity contribution in [2.75, 3.05) is 5.73 Å². The molecule has 0 radical (unpaired) electrons. The SMILES string of the molecule is N#Cc1ccc(F)cc1CS(=O)c1cc(F)ccc1N. The normalized spacial score (nSPS) is 11.8. The highest BCUT2D eigenvalue weighted by molar-refractivity contribution is 7.84. The summed E-state index contributed by atoms with van der Waals surface area (Å²) in [5.74, 6) is -1.18. The van der Waals surface area contributed by atoms with Crippen molar-refractivity contribution in [2.45, 2.75) is 10.6 Å². The van der Waals surface area contributed by atoms with Crippen LogP contribution in [0.25, 0.3) is 0 Å². The van der Waals surface area contributed by atoms with E-state index in [0.29, 0.717) is 5.56 Å². The molecule has 1 atom stereocenters. The molecule has 6 heteroatoms. The molecule has 0 aliphatic heterocycles. The first-order valence-electron chi connectivity index (χ1n) is 5.63. The second kappa shape index (κ2) is 5.80. The lowest BCUT2D eigenvalue weighted by Gasteiger charge is -2.07. The average molecular weight is 292 g/mol. The van der Waals surface area contributed by atoms with Gasteiger partial charge in [0.15, 0.2) is 0 Å². The lowest BCUT2D eigenvalue weighted by molar-refractivity contribution is 0.622. The molecule has 0 heterocycles. The van der Waals surface area contributed by atoms with Gasteiger partial charge < -0.3 is 5.73 Å². The van der Waals surface area contributed by atoms with E-state index in [4.69, 9.17) is 11.0 Å². The lowest BCUT2D eigenvalue weighted by Crippen LogP contribution is -2.03. The van der Waals surface area contributed by atoms with Crippen LogP contribution >= 0.6 is 0 Å². The van der Waals surface area contributed by atoms with Gasteiger partial charge in [0, 0.05) is 5.69 Å². The van der Waals surface area contributed by atoms with E-state index in [1.54, 1.807) is 0 Å². The Morgan fingerprint density at radius 1 is 1.15 bits per heavy atom. The summed E-state index contributed by atoms with van der Waals surface area (Å²) in [6, 6.07) is 9.08. The second-order valence-electron chi connectivity index (χ2n) is 4.09. The van der Waals surface area contributed by atoms with Crippen LogP contribution in [-0.4, -0.2) is 4.21 Å². The molecular formula is C14H10F2N2OS. The van der Waals surface area contributed by atoms with Crippen LogP contribution in [0.4, 0.5) is 14.5 Å². The van der Waals surface area contributed by atoms with Crippen molar-refractivity contribution < 1.29 is 13.0 Å². The highest BCUT2D eigenvalue weighted by Crippen LogP contribution is 2.22. The maximum Gasteiger partial charge on any atom is 0.124 e. The predicted octanol–water partition coefficient (Wildman–Crippen LogP) is 2.73. The number of nitrogens with zero attached hydrogens (tertiary/aromatic N) is 1. The van der Waals surface area contributed by atoms with Crippen molar-refractivity contribution in [3.63, 3.8) is 0 Å². The Bertz CT molecular complexity index is 726. The van der Waals surface area contributed by atoms with E-state index in [2.05, 4.69) is 0 Å².